The predicted octanol–water partition coefficient (Wildman–Crippen LogP) is 2.44. The molecule has 0 saturated heterocycles. The van der Waals surface area contributed by atoms with Crippen molar-refractivity contribution >= 4 is 28.4 Å². The maximum Gasteiger partial charge on any atom is 0.262 e. The van der Waals surface area contributed by atoms with E-state index >= 15 is 0 Å². The third kappa shape index (κ3) is 2.70. The molecule has 9 heteroatoms. The van der Waals surface area contributed by atoms with E-state index in [1.165, 1.54) is 11.8 Å². The number of aryl methyl sites for hydroxylation is 2. The molecule has 0 aliphatic heterocycles. The Labute approximate surface area is 146 Å². The van der Waals surface area contributed by atoms with Gasteiger partial charge in [-0.1, -0.05) is 30.8 Å². The molecule has 0 aliphatic carbocycles. The van der Waals surface area contributed by atoms with Crippen molar-refractivity contribution in [3.05, 3.63) is 46.4 Å². The molecule has 4 aromatic rings. The number of para-hydroxylation sites is 1. The van der Waals surface area contributed by atoms with Crippen LogP contribution in [0.2, 0.25) is 0 Å². The van der Waals surface area contributed by atoms with Crippen LogP contribution in [-0.4, -0.2) is 29.4 Å². The zero-order valence-corrected chi connectivity index (χ0v) is 14.7. The van der Waals surface area contributed by atoms with Crippen molar-refractivity contribution in [1.29, 1.82) is 0 Å². The molecule has 8 nitrogen and oxygen atoms in total. The third-order valence-electron chi connectivity index (χ3n) is 3.82. The topological polar surface area (TPSA) is 91.1 Å². The molecule has 0 radical (unpaired) electrons. The first-order valence-corrected chi connectivity index (χ1v) is 8.96. The molecule has 0 unspecified atom stereocenters. The van der Waals surface area contributed by atoms with Crippen LogP contribution in [0.15, 0.2) is 38.6 Å². The predicted molar refractivity (Wildman–Crippen MR) is 93.6 cm³/mol. The fourth-order valence-electron chi connectivity index (χ4n) is 2.77. The van der Waals surface area contributed by atoms with Crippen LogP contribution in [0.1, 0.15) is 25.1 Å². The van der Waals surface area contributed by atoms with Gasteiger partial charge in [-0.15, -0.1) is 20.4 Å². The Morgan fingerprint density at radius 2 is 2.00 bits per heavy atom. The summed E-state index contributed by atoms with van der Waals surface area (Å²) < 4.78 is 9.00. The summed E-state index contributed by atoms with van der Waals surface area (Å²) in [5, 5.41) is 17.7. The summed E-state index contributed by atoms with van der Waals surface area (Å²) in [5.41, 5.74) is 0.755. The van der Waals surface area contributed by atoms with Gasteiger partial charge in [0, 0.05) is 13.5 Å². The van der Waals surface area contributed by atoms with Crippen LogP contribution in [0, 0.1) is 6.92 Å². The van der Waals surface area contributed by atoms with Gasteiger partial charge in [-0.2, -0.15) is 0 Å². The van der Waals surface area contributed by atoms with Gasteiger partial charge in [0.1, 0.15) is 0 Å². The summed E-state index contributed by atoms with van der Waals surface area (Å²) in [6.07, 6.45) is 0.838. The monoisotopic (exact) mass is 356 g/mol. The lowest BCUT2D eigenvalue weighted by atomic mass is 10.2. The number of thioether (sulfide) groups is 1. The van der Waals surface area contributed by atoms with Gasteiger partial charge in [0.15, 0.2) is 5.16 Å². The lowest BCUT2D eigenvalue weighted by Crippen LogP contribution is -2.23. The number of benzene rings is 1. The maximum absolute atomic E-state index is 12.8. The molecule has 0 amide bonds. The lowest BCUT2D eigenvalue weighted by molar-refractivity contribution is 0.485. The molecule has 4 rings (SSSR count). The van der Waals surface area contributed by atoms with Crippen LogP contribution in [0.5, 0.6) is 0 Å². The van der Waals surface area contributed by atoms with Gasteiger partial charge in [-0.25, -0.2) is 0 Å². The van der Waals surface area contributed by atoms with Gasteiger partial charge in [0.25, 0.3) is 5.56 Å². The first-order chi connectivity index (χ1) is 12.2. The first kappa shape index (κ1) is 15.8. The number of hydrogen-bond acceptors (Lipinski definition) is 7. The second-order valence-electron chi connectivity index (χ2n) is 5.60. The smallest absolute Gasteiger partial charge is 0.262 e. The van der Waals surface area contributed by atoms with Crippen LogP contribution in [0.4, 0.5) is 0 Å². The molecule has 1 aromatic carbocycles. The van der Waals surface area contributed by atoms with Crippen molar-refractivity contribution in [2.24, 2.45) is 0 Å². The molecule has 0 spiro atoms. The molecular weight excluding hydrogens is 340 g/mol. The van der Waals surface area contributed by atoms with Crippen LogP contribution >= 0.6 is 11.8 Å². The number of hydrogen-bond donors (Lipinski definition) is 0. The van der Waals surface area contributed by atoms with Crippen LogP contribution < -0.4 is 5.56 Å². The van der Waals surface area contributed by atoms with E-state index in [4.69, 9.17) is 4.42 Å². The minimum absolute atomic E-state index is 0.0403. The number of aromatic nitrogens is 6. The average Bonchev–Trinajstić information content (AvgIpc) is 3.23. The Morgan fingerprint density at radius 1 is 1.16 bits per heavy atom. The highest BCUT2D eigenvalue weighted by Crippen LogP contribution is 2.24. The van der Waals surface area contributed by atoms with Gasteiger partial charge >= 0.3 is 0 Å². The van der Waals surface area contributed by atoms with E-state index < -0.39 is 0 Å². The average molecular weight is 356 g/mol. The van der Waals surface area contributed by atoms with E-state index in [1.54, 1.807) is 11.5 Å². The van der Waals surface area contributed by atoms with Crippen molar-refractivity contribution in [2.75, 3.05) is 0 Å². The van der Waals surface area contributed by atoms with Crippen LogP contribution in [0.3, 0.4) is 0 Å². The quantitative estimate of drug-likeness (QED) is 0.507. The fourth-order valence-corrected chi connectivity index (χ4v) is 3.55. The van der Waals surface area contributed by atoms with E-state index in [1.807, 2.05) is 35.6 Å². The standard InChI is InChI=1S/C16H16N6O2S/c1-3-8-21-14(23)11-6-4-5-7-12(11)22-15(21)19-20-16(22)25-9-13-18-17-10(2)24-13/h4-7H,3,8-9H2,1-2H3. The van der Waals surface area contributed by atoms with Crippen molar-refractivity contribution < 1.29 is 4.42 Å². The fraction of sp³-hybridized carbons (Fsp3) is 0.312. The minimum Gasteiger partial charge on any atom is -0.425 e. The number of rotatable bonds is 5. The largest absolute Gasteiger partial charge is 0.425 e. The molecule has 3 heterocycles. The van der Waals surface area contributed by atoms with Crippen molar-refractivity contribution in [1.82, 2.24) is 29.4 Å². The second-order valence-corrected chi connectivity index (χ2v) is 6.54. The summed E-state index contributed by atoms with van der Waals surface area (Å²) in [4.78, 5) is 12.8. The van der Waals surface area contributed by atoms with Gasteiger partial charge in [0.05, 0.1) is 16.7 Å². The molecule has 0 aliphatic rings. The zero-order valence-electron chi connectivity index (χ0n) is 13.8. The van der Waals surface area contributed by atoms with E-state index in [2.05, 4.69) is 20.4 Å². The molecule has 128 valence electrons. The molecule has 0 fully saturated rings. The number of fused-ring (bicyclic) bond motifs is 3. The SMILES string of the molecule is CCCn1c(=O)c2ccccc2n2c(SCc3nnc(C)o3)nnc12. The Bertz CT molecular complexity index is 1110. The molecule has 25 heavy (non-hydrogen) atoms. The molecule has 0 saturated carbocycles. The second kappa shape index (κ2) is 6.32. The molecular formula is C16H16N6O2S. The highest BCUT2D eigenvalue weighted by atomic mass is 32.2. The Kier molecular flexibility index (Phi) is 4.00. The highest BCUT2D eigenvalue weighted by molar-refractivity contribution is 7.98. The summed E-state index contributed by atoms with van der Waals surface area (Å²) in [6, 6.07) is 7.51. The van der Waals surface area contributed by atoms with Crippen LogP contribution in [-0.2, 0) is 12.3 Å². The summed E-state index contributed by atoms with van der Waals surface area (Å²) in [6.45, 7) is 4.38. The Hall–Kier alpha value is -2.68. The minimum atomic E-state index is -0.0403. The summed E-state index contributed by atoms with van der Waals surface area (Å²) in [5.74, 6) is 2.10. The van der Waals surface area contributed by atoms with Gasteiger partial charge in [0.2, 0.25) is 17.6 Å². The van der Waals surface area contributed by atoms with E-state index in [0.717, 1.165) is 11.9 Å². The highest BCUT2D eigenvalue weighted by Gasteiger charge is 2.17. The zero-order chi connectivity index (χ0) is 17.4. The van der Waals surface area contributed by atoms with Gasteiger partial charge < -0.3 is 4.42 Å². The van der Waals surface area contributed by atoms with Crippen molar-refractivity contribution in [2.45, 2.75) is 37.7 Å². The maximum atomic E-state index is 12.8. The molecule has 0 atom stereocenters. The summed E-state index contributed by atoms with van der Waals surface area (Å²) >= 11 is 1.45. The first-order valence-electron chi connectivity index (χ1n) is 7.97. The normalized spacial score (nSPS) is 11.6. The Balaban J connectivity index is 1.87. The van der Waals surface area contributed by atoms with Gasteiger partial charge in [-0.3, -0.25) is 13.8 Å². The van der Waals surface area contributed by atoms with Crippen molar-refractivity contribution in [3.63, 3.8) is 0 Å². The van der Waals surface area contributed by atoms with Crippen LogP contribution in [0.25, 0.3) is 16.7 Å². The Morgan fingerprint density at radius 3 is 2.76 bits per heavy atom. The molecule has 3 aromatic heterocycles. The van der Waals surface area contributed by atoms with Crippen molar-refractivity contribution in [3.8, 4) is 0 Å². The van der Waals surface area contributed by atoms with E-state index in [-0.39, 0.29) is 5.56 Å². The van der Waals surface area contributed by atoms with E-state index in [0.29, 0.717) is 40.4 Å². The lowest BCUT2D eigenvalue weighted by Gasteiger charge is -2.10. The molecule has 0 bridgehead atoms. The number of nitrogens with zero attached hydrogens (tertiary/aromatic N) is 6. The summed E-state index contributed by atoms with van der Waals surface area (Å²) in [7, 11) is 0. The molecule has 0 N–H and O–H groups in total. The van der Waals surface area contributed by atoms with E-state index in [9.17, 15) is 4.79 Å². The third-order valence-corrected chi connectivity index (χ3v) is 4.73. The van der Waals surface area contributed by atoms with Gasteiger partial charge in [-0.05, 0) is 18.6 Å².